The summed E-state index contributed by atoms with van der Waals surface area (Å²) in [7, 11) is 0. The number of fused-ring (bicyclic) bond motifs is 2. The molecule has 0 radical (unpaired) electrons. The minimum absolute atomic E-state index is 0.0461. The van der Waals surface area contributed by atoms with E-state index >= 15 is 0 Å². The summed E-state index contributed by atoms with van der Waals surface area (Å²) >= 11 is 5.93. The summed E-state index contributed by atoms with van der Waals surface area (Å²) in [5.74, 6) is 2.93. The van der Waals surface area contributed by atoms with E-state index in [1.165, 1.54) is 25.7 Å². The van der Waals surface area contributed by atoms with E-state index in [0.717, 1.165) is 11.8 Å². The number of rotatable bonds is 5. The minimum Gasteiger partial charge on any atom is -0.481 e. The maximum absolute atomic E-state index is 12.3. The third kappa shape index (κ3) is 3.40. The molecule has 3 nitrogen and oxygen atoms in total. The normalized spacial score (nSPS) is 29.1. The summed E-state index contributed by atoms with van der Waals surface area (Å²) in [5.41, 5.74) is 0. The number of benzene rings is 1. The minimum atomic E-state index is -0.514. The molecule has 1 N–H and O–H groups in total. The van der Waals surface area contributed by atoms with Crippen LogP contribution in [0.3, 0.4) is 0 Å². The zero-order valence-electron chi connectivity index (χ0n) is 13.2. The molecule has 1 amide bonds. The molecule has 0 aromatic heterocycles. The number of hydrogen-bond donors (Lipinski definition) is 1. The zero-order chi connectivity index (χ0) is 15.7. The fraction of sp³-hybridized carbons (Fsp3) is 0.611. The maximum Gasteiger partial charge on any atom is 0.260 e. The molecule has 2 aliphatic rings. The third-order valence-electron chi connectivity index (χ3n) is 5.28. The number of hydrogen-bond acceptors (Lipinski definition) is 2. The Morgan fingerprint density at radius 3 is 2.77 bits per heavy atom. The van der Waals surface area contributed by atoms with Crippen LogP contribution in [0.1, 0.15) is 39.5 Å². The van der Waals surface area contributed by atoms with Crippen LogP contribution in [0.15, 0.2) is 24.3 Å². The van der Waals surface area contributed by atoms with Crippen molar-refractivity contribution in [2.45, 2.75) is 51.7 Å². The van der Waals surface area contributed by atoms with E-state index in [9.17, 15) is 4.79 Å². The van der Waals surface area contributed by atoms with Gasteiger partial charge in [0.15, 0.2) is 6.10 Å². The average Bonchev–Trinajstić information content (AvgIpc) is 3.09. The lowest BCUT2D eigenvalue weighted by Crippen LogP contribution is -2.45. The third-order valence-corrected chi connectivity index (χ3v) is 5.52. The van der Waals surface area contributed by atoms with Gasteiger partial charge in [0, 0.05) is 11.1 Å². The van der Waals surface area contributed by atoms with Gasteiger partial charge < -0.3 is 10.1 Å². The molecule has 0 unspecified atom stereocenters. The molecule has 2 bridgehead atoms. The molecular weight excluding hydrogens is 298 g/mol. The fourth-order valence-corrected chi connectivity index (χ4v) is 4.33. The lowest BCUT2D eigenvalue weighted by molar-refractivity contribution is -0.128. The number of carbonyl (C=O) groups excluding carboxylic acids is 1. The Hall–Kier alpha value is -1.22. The Morgan fingerprint density at radius 2 is 2.14 bits per heavy atom. The second kappa shape index (κ2) is 6.49. The molecule has 2 fully saturated rings. The number of amides is 1. The van der Waals surface area contributed by atoms with E-state index in [2.05, 4.69) is 12.2 Å². The first-order valence-corrected chi connectivity index (χ1v) is 8.63. The van der Waals surface area contributed by atoms with Gasteiger partial charge in [0.25, 0.3) is 5.91 Å². The van der Waals surface area contributed by atoms with Gasteiger partial charge in [-0.15, -0.1) is 0 Å². The summed E-state index contributed by atoms with van der Waals surface area (Å²) < 4.78 is 5.69. The highest BCUT2D eigenvalue weighted by atomic mass is 35.5. The molecule has 5 atom stereocenters. The molecule has 1 aromatic rings. The Morgan fingerprint density at radius 1 is 1.32 bits per heavy atom. The average molecular weight is 322 g/mol. The highest BCUT2D eigenvalue weighted by molar-refractivity contribution is 6.30. The molecule has 0 heterocycles. The molecule has 4 heteroatoms. The van der Waals surface area contributed by atoms with Crippen LogP contribution < -0.4 is 10.1 Å². The van der Waals surface area contributed by atoms with E-state index in [-0.39, 0.29) is 11.9 Å². The summed E-state index contributed by atoms with van der Waals surface area (Å²) in [6.07, 6.45) is 4.84. The fourth-order valence-electron chi connectivity index (χ4n) is 4.15. The van der Waals surface area contributed by atoms with Crippen LogP contribution >= 0.6 is 11.6 Å². The highest BCUT2D eigenvalue weighted by Crippen LogP contribution is 2.49. The van der Waals surface area contributed by atoms with Crippen molar-refractivity contribution in [1.82, 2.24) is 5.32 Å². The van der Waals surface area contributed by atoms with Crippen LogP contribution in [0.5, 0.6) is 5.75 Å². The lowest BCUT2D eigenvalue weighted by atomic mass is 9.84. The first-order chi connectivity index (χ1) is 10.5. The highest BCUT2D eigenvalue weighted by Gasteiger charge is 2.42. The first kappa shape index (κ1) is 15.7. The molecule has 3 rings (SSSR count). The van der Waals surface area contributed by atoms with E-state index in [0.29, 0.717) is 16.7 Å². The standard InChI is InChI=1S/C18H24ClNO2/c1-11(17-9-13-6-7-14(17)8-13)20-18(21)12(2)22-16-5-3-4-15(19)10-16/h3-5,10-14,17H,6-9H2,1-2H3,(H,20,21)/t11-,12+,13+,14+,17+/m0/s1. The Bertz CT molecular complexity index is 548. The largest absolute Gasteiger partial charge is 0.481 e. The van der Waals surface area contributed by atoms with E-state index in [1.54, 1.807) is 19.1 Å². The van der Waals surface area contributed by atoms with Crippen molar-refractivity contribution >= 4 is 17.5 Å². The molecule has 1 aromatic carbocycles. The monoisotopic (exact) mass is 321 g/mol. The van der Waals surface area contributed by atoms with Gasteiger partial charge in [-0.3, -0.25) is 4.79 Å². The summed E-state index contributed by atoms with van der Waals surface area (Å²) in [4.78, 5) is 12.3. The van der Waals surface area contributed by atoms with Gasteiger partial charge in [0.2, 0.25) is 0 Å². The predicted octanol–water partition coefficient (Wildman–Crippen LogP) is 4.05. The summed E-state index contributed by atoms with van der Waals surface area (Å²) in [5, 5.41) is 3.76. The Labute approximate surface area is 137 Å². The van der Waals surface area contributed by atoms with Crippen LogP contribution in [-0.4, -0.2) is 18.1 Å². The molecule has 22 heavy (non-hydrogen) atoms. The second-order valence-electron chi connectivity index (χ2n) is 6.85. The summed E-state index contributed by atoms with van der Waals surface area (Å²) in [6, 6.07) is 7.38. The van der Waals surface area contributed by atoms with Crippen LogP contribution in [0.25, 0.3) is 0 Å². The second-order valence-corrected chi connectivity index (χ2v) is 7.29. The van der Waals surface area contributed by atoms with Crippen molar-refractivity contribution < 1.29 is 9.53 Å². The number of ether oxygens (including phenoxy) is 1. The van der Waals surface area contributed by atoms with E-state index in [4.69, 9.17) is 16.3 Å². The van der Waals surface area contributed by atoms with Crippen molar-refractivity contribution in [2.24, 2.45) is 17.8 Å². The van der Waals surface area contributed by atoms with Crippen LogP contribution in [0.2, 0.25) is 5.02 Å². The van der Waals surface area contributed by atoms with E-state index < -0.39 is 6.10 Å². The molecule has 0 saturated heterocycles. The quantitative estimate of drug-likeness (QED) is 0.888. The number of nitrogens with one attached hydrogen (secondary N) is 1. The molecule has 0 spiro atoms. The number of carbonyl (C=O) groups is 1. The van der Waals surface area contributed by atoms with Gasteiger partial charge in [-0.25, -0.2) is 0 Å². The molecule has 2 saturated carbocycles. The van der Waals surface area contributed by atoms with Gasteiger partial charge in [-0.05, 0) is 69.1 Å². The van der Waals surface area contributed by atoms with Gasteiger partial charge in [-0.2, -0.15) is 0 Å². The Balaban J connectivity index is 1.52. The summed E-state index contributed by atoms with van der Waals surface area (Å²) in [6.45, 7) is 3.92. The Kier molecular flexibility index (Phi) is 4.62. The SMILES string of the molecule is C[C@H](NC(=O)[C@@H](C)Oc1cccc(Cl)c1)[C@H]1C[C@@H]2CC[C@@H]1C2. The van der Waals surface area contributed by atoms with Crippen LogP contribution in [0, 0.1) is 17.8 Å². The van der Waals surface area contributed by atoms with Crippen LogP contribution in [0.4, 0.5) is 0 Å². The van der Waals surface area contributed by atoms with Crippen molar-refractivity contribution in [3.63, 3.8) is 0 Å². The van der Waals surface area contributed by atoms with E-state index in [1.807, 2.05) is 12.1 Å². The predicted molar refractivity (Wildman–Crippen MR) is 88.1 cm³/mol. The molecule has 0 aliphatic heterocycles. The van der Waals surface area contributed by atoms with Crippen molar-refractivity contribution in [3.05, 3.63) is 29.3 Å². The smallest absolute Gasteiger partial charge is 0.260 e. The zero-order valence-corrected chi connectivity index (χ0v) is 14.0. The van der Waals surface area contributed by atoms with Crippen molar-refractivity contribution in [2.75, 3.05) is 0 Å². The van der Waals surface area contributed by atoms with Gasteiger partial charge in [0.1, 0.15) is 5.75 Å². The van der Waals surface area contributed by atoms with Gasteiger partial charge in [-0.1, -0.05) is 24.1 Å². The molecular formula is C18H24ClNO2. The molecule has 120 valence electrons. The van der Waals surface area contributed by atoms with Gasteiger partial charge >= 0.3 is 0 Å². The first-order valence-electron chi connectivity index (χ1n) is 8.25. The topological polar surface area (TPSA) is 38.3 Å². The lowest BCUT2D eigenvalue weighted by Gasteiger charge is -2.29. The van der Waals surface area contributed by atoms with Gasteiger partial charge in [0.05, 0.1) is 0 Å². The van der Waals surface area contributed by atoms with Crippen LogP contribution in [-0.2, 0) is 4.79 Å². The molecule has 2 aliphatic carbocycles. The van der Waals surface area contributed by atoms with Crippen molar-refractivity contribution in [1.29, 1.82) is 0 Å². The number of halogens is 1. The van der Waals surface area contributed by atoms with Crippen molar-refractivity contribution in [3.8, 4) is 5.75 Å². The maximum atomic E-state index is 12.3.